The molecule has 1 aromatic heterocycles. The van der Waals surface area contributed by atoms with E-state index in [9.17, 15) is 9.90 Å². The molecule has 2 N–H and O–H groups in total. The van der Waals surface area contributed by atoms with Gasteiger partial charge < -0.3 is 19.9 Å². The quantitative estimate of drug-likeness (QED) is 0.832. The lowest BCUT2D eigenvalue weighted by molar-refractivity contribution is 0.0234. The molecule has 26 heavy (non-hydrogen) atoms. The molecule has 6 heteroatoms. The van der Waals surface area contributed by atoms with Crippen LogP contribution in [0.5, 0.6) is 11.6 Å². The van der Waals surface area contributed by atoms with Crippen LogP contribution in [0.25, 0.3) is 0 Å². The summed E-state index contributed by atoms with van der Waals surface area (Å²) in [5, 5.41) is 12.8. The minimum atomic E-state index is -0.297. The largest absolute Gasteiger partial charge is 0.496 e. The molecule has 0 radical (unpaired) electrons. The number of hydrogen-bond acceptors (Lipinski definition) is 5. The van der Waals surface area contributed by atoms with Gasteiger partial charge in [-0.15, -0.1) is 0 Å². The van der Waals surface area contributed by atoms with Crippen LogP contribution < -0.4 is 14.8 Å². The highest BCUT2D eigenvalue weighted by Crippen LogP contribution is 2.38. The number of ether oxygens (including phenoxy) is 2. The smallest absolute Gasteiger partial charge is 0.251 e. The van der Waals surface area contributed by atoms with Crippen LogP contribution in [0.3, 0.4) is 0 Å². The second-order valence-corrected chi connectivity index (χ2v) is 6.65. The van der Waals surface area contributed by atoms with E-state index in [0.717, 1.165) is 16.9 Å². The molecule has 1 heterocycles. The highest BCUT2D eigenvalue weighted by Gasteiger charge is 2.36. The lowest BCUT2D eigenvalue weighted by atomic mass is 9.75. The number of nitrogens with one attached hydrogen (secondary N) is 1. The van der Waals surface area contributed by atoms with Crippen LogP contribution in [0.4, 0.5) is 0 Å². The van der Waals surface area contributed by atoms with E-state index in [0.29, 0.717) is 24.3 Å². The van der Waals surface area contributed by atoms with Crippen LogP contribution in [0.2, 0.25) is 0 Å². The number of methoxy groups -OCH3 is 2. The molecule has 1 unspecified atom stereocenters. The first-order valence-electron chi connectivity index (χ1n) is 8.65. The molecular weight excluding hydrogens is 332 g/mol. The molecule has 3 rings (SSSR count). The van der Waals surface area contributed by atoms with Gasteiger partial charge in [-0.1, -0.05) is 6.07 Å². The van der Waals surface area contributed by atoms with Gasteiger partial charge in [-0.05, 0) is 55.0 Å². The van der Waals surface area contributed by atoms with Gasteiger partial charge >= 0.3 is 0 Å². The van der Waals surface area contributed by atoms with Gasteiger partial charge in [-0.3, -0.25) is 4.79 Å². The second-order valence-electron chi connectivity index (χ2n) is 6.65. The Morgan fingerprint density at radius 1 is 1.23 bits per heavy atom. The summed E-state index contributed by atoms with van der Waals surface area (Å²) in [5.74, 6) is 1.30. The summed E-state index contributed by atoms with van der Waals surface area (Å²) in [6.45, 7) is 1.91. The molecule has 1 fully saturated rings. The average Bonchev–Trinajstić information content (AvgIpc) is 2.63. The zero-order valence-corrected chi connectivity index (χ0v) is 15.2. The third-order valence-electron chi connectivity index (χ3n) is 4.89. The summed E-state index contributed by atoms with van der Waals surface area (Å²) >= 11 is 0. The molecule has 6 nitrogen and oxygen atoms in total. The van der Waals surface area contributed by atoms with Gasteiger partial charge in [0.2, 0.25) is 5.88 Å². The van der Waals surface area contributed by atoms with Crippen molar-refractivity contribution >= 4 is 5.91 Å². The van der Waals surface area contributed by atoms with Crippen molar-refractivity contribution in [1.82, 2.24) is 10.3 Å². The number of amides is 1. The Morgan fingerprint density at radius 3 is 2.54 bits per heavy atom. The highest BCUT2D eigenvalue weighted by molar-refractivity contribution is 5.94. The Morgan fingerprint density at radius 2 is 2.00 bits per heavy atom. The number of carbonyl (C=O) groups excluding carboxylic acids is 1. The van der Waals surface area contributed by atoms with E-state index < -0.39 is 0 Å². The van der Waals surface area contributed by atoms with Crippen LogP contribution in [0.15, 0.2) is 36.5 Å². The topological polar surface area (TPSA) is 80.7 Å². The number of aliphatic hydroxyl groups excluding tert-OH is 1. The standard InChI is InChI=1S/C20H24N2O4/c1-12-8-13(4-6-17(12)25-2)20(24)22-19(15-9-16(23)10-15)14-5-7-18(26-3)21-11-14/h4-8,11,15-16,19,23H,9-10H2,1-3H3,(H,22,24). The molecule has 138 valence electrons. The van der Waals surface area contributed by atoms with Crippen molar-refractivity contribution in [3.63, 3.8) is 0 Å². The Hall–Kier alpha value is -2.60. The van der Waals surface area contributed by atoms with Gasteiger partial charge in [0.15, 0.2) is 0 Å². The Labute approximate surface area is 153 Å². The highest BCUT2D eigenvalue weighted by atomic mass is 16.5. The Kier molecular flexibility index (Phi) is 5.42. The summed E-state index contributed by atoms with van der Waals surface area (Å²) in [7, 11) is 3.17. The second kappa shape index (κ2) is 7.74. The molecule has 0 bridgehead atoms. The summed E-state index contributed by atoms with van der Waals surface area (Å²) < 4.78 is 10.4. The normalized spacial score (nSPS) is 20.0. The van der Waals surface area contributed by atoms with E-state index in [1.54, 1.807) is 38.6 Å². The van der Waals surface area contributed by atoms with Crippen LogP contribution in [0, 0.1) is 12.8 Å². The fourth-order valence-electron chi connectivity index (χ4n) is 3.32. The van der Waals surface area contributed by atoms with Crippen LogP contribution in [-0.4, -0.2) is 36.3 Å². The number of aromatic nitrogens is 1. The van der Waals surface area contributed by atoms with E-state index in [1.165, 1.54) is 0 Å². The predicted molar refractivity (Wildman–Crippen MR) is 97.5 cm³/mol. The first kappa shape index (κ1) is 18.2. The molecule has 1 atom stereocenters. The van der Waals surface area contributed by atoms with Gasteiger partial charge in [0.05, 0.1) is 26.4 Å². The molecular formula is C20H24N2O4. The van der Waals surface area contributed by atoms with Crippen LogP contribution >= 0.6 is 0 Å². The van der Waals surface area contributed by atoms with Crippen molar-refractivity contribution < 1.29 is 19.4 Å². The van der Waals surface area contributed by atoms with Crippen LogP contribution in [0.1, 0.15) is 40.4 Å². The van der Waals surface area contributed by atoms with Gasteiger partial charge in [0.1, 0.15) is 5.75 Å². The average molecular weight is 356 g/mol. The first-order chi connectivity index (χ1) is 12.5. The zero-order valence-electron chi connectivity index (χ0n) is 15.2. The fourth-order valence-corrected chi connectivity index (χ4v) is 3.32. The van der Waals surface area contributed by atoms with Crippen molar-refractivity contribution in [2.24, 2.45) is 5.92 Å². The number of rotatable bonds is 6. The van der Waals surface area contributed by atoms with Gasteiger partial charge in [0, 0.05) is 17.8 Å². The van der Waals surface area contributed by atoms with Crippen LogP contribution in [-0.2, 0) is 0 Å². The van der Waals surface area contributed by atoms with E-state index in [-0.39, 0.29) is 24.0 Å². The molecule has 1 saturated carbocycles. The molecule has 1 aromatic carbocycles. The van der Waals surface area contributed by atoms with E-state index in [4.69, 9.17) is 9.47 Å². The number of nitrogens with zero attached hydrogens (tertiary/aromatic N) is 1. The molecule has 0 aliphatic heterocycles. The number of aliphatic hydroxyl groups is 1. The zero-order chi connectivity index (χ0) is 18.7. The summed E-state index contributed by atoms with van der Waals surface area (Å²) in [6, 6.07) is 8.84. The SMILES string of the molecule is COc1ccc(C(NC(=O)c2ccc(OC)c(C)c2)C2CC(O)C2)cn1. The third kappa shape index (κ3) is 3.80. The van der Waals surface area contributed by atoms with Crippen molar-refractivity contribution in [3.8, 4) is 11.6 Å². The van der Waals surface area contributed by atoms with Gasteiger partial charge in [0.25, 0.3) is 5.91 Å². The van der Waals surface area contributed by atoms with Gasteiger partial charge in [-0.2, -0.15) is 0 Å². The molecule has 0 spiro atoms. The number of pyridine rings is 1. The number of carbonyl (C=O) groups is 1. The summed E-state index contributed by atoms with van der Waals surface area (Å²) in [6.07, 6.45) is 2.75. The number of aryl methyl sites for hydroxylation is 1. The van der Waals surface area contributed by atoms with Gasteiger partial charge in [-0.25, -0.2) is 4.98 Å². The maximum absolute atomic E-state index is 12.8. The lowest BCUT2D eigenvalue weighted by Crippen LogP contribution is -2.41. The lowest BCUT2D eigenvalue weighted by Gasteiger charge is -2.38. The van der Waals surface area contributed by atoms with Crippen molar-refractivity contribution in [3.05, 3.63) is 53.2 Å². The third-order valence-corrected chi connectivity index (χ3v) is 4.89. The van der Waals surface area contributed by atoms with Crippen molar-refractivity contribution in [2.75, 3.05) is 14.2 Å². The van der Waals surface area contributed by atoms with Crippen molar-refractivity contribution in [2.45, 2.75) is 31.9 Å². The summed E-state index contributed by atoms with van der Waals surface area (Å²) in [5.41, 5.74) is 2.39. The Bertz CT molecular complexity index is 770. The number of benzene rings is 1. The fraction of sp³-hybridized carbons (Fsp3) is 0.400. The monoisotopic (exact) mass is 356 g/mol. The predicted octanol–water partition coefficient (Wildman–Crippen LogP) is 2.65. The Balaban J connectivity index is 1.80. The van der Waals surface area contributed by atoms with E-state index >= 15 is 0 Å². The van der Waals surface area contributed by atoms with Crippen molar-refractivity contribution in [1.29, 1.82) is 0 Å². The molecule has 2 aromatic rings. The maximum Gasteiger partial charge on any atom is 0.251 e. The van der Waals surface area contributed by atoms with E-state index in [1.807, 2.05) is 19.1 Å². The summed E-state index contributed by atoms with van der Waals surface area (Å²) in [4.78, 5) is 17.0. The molecule has 1 aliphatic rings. The number of hydrogen-bond donors (Lipinski definition) is 2. The minimum Gasteiger partial charge on any atom is -0.496 e. The first-order valence-corrected chi connectivity index (χ1v) is 8.65. The van der Waals surface area contributed by atoms with E-state index in [2.05, 4.69) is 10.3 Å². The molecule has 1 amide bonds. The molecule has 0 saturated heterocycles. The maximum atomic E-state index is 12.8. The molecule has 1 aliphatic carbocycles. The minimum absolute atomic E-state index is 0.155.